The highest BCUT2D eigenvalue weighted by Gasteiger charge is 2.34. The third kappa shape index (κ3) is 4.09. The molecular weight excluding hydrogens is 343 g/mol. The van der Waals surface area contributed by atoms with Crippen molar-refractivity contribution in [1.82, 2.24) is 4.90 Å². The maximum Gasteiger partial charge on any atom is 0.418 e. The van der Waals surface area contributed by atoms with E-state index in [1.165, 1.54) is 18.2 Å². The standard InChI is InChI=1S/C19H20F3N3O/c1-14-5-4-6-15(13-14)24-9-11-25(12-10-24)18(26)23-17-8-3-2-7-16(17)19(20,21)22/h2-8,13H,9-12H2,1H3,(H,23,26). The minimum Gasteiger partial charge on any atom is -0.368 e. The fourth-order valence-electron chi connectivity index (χ4n) is 3.03. The molecular formula is C19H20F3N3O. The van der Waals surface area contributed by atoms with Gasteiger partial charge in [0.2, 0.25) is 0 Å². The van der Waals surface area contributed by atoms with Crippen LogP contribution in [0, 0.1) is 6.92 Å². The lowest BCUT2D eigenvalue weighted by atomic mass is 10.1. The summed E-state index contributed by atoms with van der Waals surface area (Å²) in [4.78, 5) is 16.1. The molecule has 1 aliphatic rings. The van der Waals surface area contributed by atoms with E-state index in [0.29, 0.717) is 26.2 Å². The molecule has 1 aliphatic heterocycles. The van der Waals surface area contributed by atoms with E-state index in [-0.39, 0.29) is 5.69 Å². The summed E-state index contributed by atoms with van der Waals surface area (Å²) >= 11 is 0. The van der Waals surface area contributed by atoms with E-state index in [2.05, 4.69) is 16.3 Å². The number of alkyl halides is 3. The van der Waals surface area contributed by atoms with Crippen molar-refractivity contribution in [2.24, 2.45) is 0 Å². The molecule has 26 heavy (non-hydrogen) atoms. The van der Waals surface area contributed by atoms with Crippen molar-refractivity contribution in [3.05, 3.63) is 59.7 Å². The average molecular weight is 363 g/mol. The summed E-state index contributed by atoms with van der Waals surface area (Å²) < 4.78 is 39.1. The van der Waals surface area contributed by atoms with Gasteiger partial charge in [-0.3, -0.25) is 0 Å². The quantitative estimate of drug-likeness (QED) is 0.860. The number of urea groups is 1. The minimum atomic E-state index is -4.51. The van der Waals surface area contributed by atoms with Crippen LogP contribution in [0.4, 0.5) is 29.3 Å². The van der Waals surface area contributed by atoms with Gasteiger partial charge in [0.25, 0.3) is 0 Å². The van der Waals surface area contributed by atoms with Gasteiger partial charge in [-0.25, -0.2) is 4.79 Å². The van der Waals surface area contributed by atoms with Gasteiger partial charge in [0.15, 0.2) is 0 Å². The first-order valence-electron chi connectivity index (χ1n) is 8.38. The molecule has 7 heteroatoms. The molecule has 0 aromatic heterocycles. The minimum absolute atomic E-state index is 0.217. The lowest BCUT2D eigenvalue weighted by molar-refractivity contribution is -0.136. The molecule has 138 valence electrons. The molecule has 3 rings (SSSR count). The number of hydrogen-bond donors (Lipinski definition) is 1. The van der Waals surface area contributed by atoms with Crippen LogP contribution in [0.15, 0.2) is 48.5 Å². The molecule has 2 aromatic rings. The van der Waals surface area contributed by atoms with Crippen LogP contribution in [0.2, 0.25) is 0 Å². The Kier molecular flexibility index (Phi) is 5.06. The maximum atomic E-state index is 13.0. The van der Waals surface area contributed by atoms with Crippen molar-refractivity contribution in [2.45, 2.75) is 13.1 Å². The van der Waals surface area contributed by atoms with Gasteiger partial charge < -0.3 is 15.1 Å². The lowest BCUT2D eigenvalue weighted by Gasteiger charge is -2.36. The number of nitrogens with zero attached hydrogens (tertiary/aromatic N) is 2. The van der Waals surface area contributed by atoms with E-state index < -0.39 is 17.8 Å². The lowest BCUT2D eigenvalue weighted by Crippen LogP contribution is -2.50. The second-order valence-corrected chi connectivity index (χ2v) is 6.29. The van der Waals surface area contributed by atoms with Crippen LogP contribution in [0.3, 0.4) is 0 Å². The molecule has 4 nitrogen and oxygen atoms in total. The largest absolute Gasteiger partial charge is 0.418 e. The highest BCUT2D eigenvalue weighted by molar-refractivity contribution is 5.90. The van der Waals surface area contributed by atoms with Gasteiger partial charge in [0, 0.05) is 31.9 Å². The predicted octanol–water partition coefficient (Wildman–Crippen LogP) is 4.37. The van der Waals surface area contributed by atoms with E-state index in [1.54, 1.807) is 4.90 Å². The van der Waals surface area contributed by atoms with Gasteiger partial charge in [-0.1, -0.05) is 24.3 Å². The Morgan fingerprint density at radius 1 is 1.00 bits per heavy atom. The number of piperazine rings is 1. The third-order valence-electron chi connectivity index (χ3n) is 4.41. The molecule has 0 radical (unpaired) electrons. The summed E-state index contributed by atoms with van der Waals surface area (Å²) in [5.41, 5.74) is 1.19. The van der Waals surface area contributed by atoms with Crippen molar-refractivity contribution in [3.63, 3.8) is 0 Å². The SMILES string of the molecule is Cc1cccc(N2CCN(C(=O)Nc3ccccc3C(F)(F)F)CC2)c1. The Balaban J connectivity index is 1.63. The molecule has 2 aromatic carbocycles. The third-order valence-corrected chi connectivity index (χ3v) is 4.41. The first kappa shape index (κ1) is 18.1. The molecule has 0 aliphatic carbocycles. The zero-order valence-corrected chi connectivity index (χ0v) is 14.4. The van der Waals surface area contributed by atoms with Crippen LogP contribution in [0.25, 0.3) is 0 Å². The number of halogens is 3. The second kappa shape index (κ2) is 7.27. The molecule has 1 saturated heterocycles. The first-order chi connectivity index (χ1) is 12.3. The zero-order valence-electron chi connectivity index (χ0n) is 14.4. The monoisotopic (exact) mass is 363 g/mol. The van der Waals surface area contributed by atoms with E-state index in [1.807, 2.05) is 25.1 Å². The normalized spacial score (nSPS) is 15.1. The van der Waals surface area contributed by atoms with E-state index in [4.69, 9.17) is 0 Å². The molecule has 0 saturated carbocycles. The molecule has 2 amide bonds. The van der Waals surface area contributed by atoms with Crippen molar-refractivity contribution in [3.8, 4) is 0 Å². The smallest absolute Gasteiger partial charge is 0.368 e. The van der Waals surface area contributed by atoms with Gasteiger partial charge in [0.05, 0.1) is 11.3 Å². The average Bonchev–Trinajstić information content (AvgIpc) is 2.61. The number of rotatable bonds is 2. The number of carbonyl (C=O) groups is 1. The number of amides is 2. The Morgan fingerprint density at radius 3 is 2.35 bits per heavy atom. The van der Waals surface area contributed by atoms with E-state index in [0.717, 1.165) is 17.3 Å². The summed E-state index contributed by atoms with van der Waals surface area (Å²) in [6, 6.07) is 12.6. The Bertz CT molecular complexity index is 784. The Morgan fingerprint density at radius 2 is 1.69 bits per heavy atom. The summed E-state index contributed by atoms with van der Waals surface area (Å²) in [5.74, 6) is 0. The van der Waals surface area contributed by atoms with Crippen molar-refractivity contribution in [1.29, 1.82) is 0 Å². The predicted molar refractivity (Wildman–Crippen MR) is 95.4 cm³/mol. The Labute approximate surface area is 150 Å². The summed E-state index contributed by atoms with van der Waals surface area (Å²) in [5, 5.41) is 2.40. The van der Waals surface area contributed by atoms with Gasteiger partial charge in [0.1, 0.15) is 0 Å². The van der Waals surface area contributed by atoms with Gasteiger partial charge >= 0.3 is 12.2 Å². The van der Waals surface area contributed by atoms with Crippen LogP contribution in [-0.2, 0) is 6.18 Å². The number of anilines is 2. The van der Waals surface area contributed by atoms with E-state index in [9.17, 15) is 18.0 Å². The summed E-state index contributed by atoms with van der Waals surface area (Å²) in [6.07, 6.45) is -4.51. The van der Waals surface area contributed by atoms with Crippen LogP contribution in [0.1, 0.15) is 11.1 Å². The van der Waals surface area contributed by atoms with Crippen molar-refractivity contribution < 1.29 is 18.0 Å². The fraction of sp³-hybridized carbons (Fsp3) is 0.316. The van der Waals surface area contributed by atoms with Gasteiger partial charge in [-0.05, 0) is 36.8 Å². The highest BCUT2D eigenvalue weighted by atomic mass is 19.4. The van der Waals surface area contributed by atoms with Crippen molar-refractivity contribution >= 4 is 17.4 Å². The molecule has 0 atom stereocenters. The van der Waals surface area contributed by atoms with E-state index >= 15 is 0 Å². The molecule has 0 bridgehead atoms. The van der Waals surface area contributed by atoms with Gasteiger partial charge in [-0.15, -0.1) is 0 Å². The number of carbonyl (C=O) groups excluding carboxylic acids is 1. The van der Waals surface area contributed by atoms with Crippen LogP contribution in [0.5, 0.6) is 0 Å². The number of hydrogen-bond acceptors (Lipinski definition) is 2. The number of aryl methyl sites for hydroxylation is 1. The molecule has 0 unspecified atom stereocenters. The van der Waals surface area contributed by atoms with Crippen LogP contribution < -0.4 is 10.2 Å². The number of nitrogens with one attached hydrogen (secondary N) is 1. The highest BCUT2D eigenvalue weighted by Crippen LogP contribution is 2.34. The number of para-hydroxylation sites is 1. The molecule has 1 fully saturated rings. The van der Waals surface area contributed by atoms with Gasteiger partial charge in [-0.2, -0.15) is 13.2 Å². The second-order valence-electron chi connectivity index (χ2n) is 6.29. The molecule has 0 spiro atoms. The first-order valence-corrected chi connectivity index (χ1v) is 8.38. The van der Waals surface area contributed by atoms with Crippen molar-refractivity contribution in [2.75, 3.05) is 36.4 Å². The molecule has 1 N–H and O–H groups in total. The summed E-state index contributed by atoms with van der Waals surface area (Å²) in [7, 11) is 0. The maximum absolute atomic E-state index is 13.0. The molecule has 1 heterocycles. The number of benzene rings is 2. The zero-order chi connectivity index (χ0) is 18.7. The van der Waals surface area contributed by atoms with Crippen LogP contribution in [-0.4, -0.2) is 37.1 Å². The topological polar surface area (TPSA) is 35.6 Å². The fourth-order valence-corrected chi connectivity index (χ4v) is 3.03. The van der Waals surface area contributed by atoms with Crippen LogP contribution >= 0.6 is 0 Å². The Hall–Kier alpha value is -2.70. The summed E-state index contributed by atoms with van der Waals surface area (Å²) in [6.45, 7) is 4.20.